The Labute approximate surface area is 128 Å². The molecule has 2 aromatic rings. The summed E-state index contributed by atoms with van der Waals surface area (Å²) in [6.45, 7) is 4.45. The second kappa shape index (κ2) is 5.44. The number of carboxylic acids is 1. The van der Waals surface area contributed by atoms with Crippen LogP contribution in [0.2, 0.25) is 0 Å². The van der Waals surface area contributed by atoms with Crippen molar-refractivity contribution in [2.45, 2.75) is 32.9 Å². The predicted molar refractivity (Wildman–Crippen MR) is 81.2 cm³/mol. The molecule has 2 atom stereocenters. The number of carbonyl (C=O) groups excluding carboxylic acids is 1. The first-order chi connectivity index (χ1) is 10.5. The van der Waals surface area contributed by atoms with Crippen LogP contribution < -0.4 is 5.32 Å². The van der Waals surface area contributed by atoms with E-state index in [1.807, 2.05) is 24.3 Å². The third kappa shape index (κ3) is 2.56. The van der Waals surface area contributed by atoms with Crippen LogP contribution >= 0.6 is 0 Å². The fourth-order valence-corrected chi connectivity index (χ4v) is 2.85. The van der Waals surface area contributed by atoms with Gasteiger partial charge in [0, 0.05) is 6.04 Å². The maximum atomic E-state index is 12.0. The molecule has 6 nitrogen and oxygen atoms in total. The molecule has 0 saturated heterocycles. The largest absolute Gasteiger partial charge is 0.481 e. The van der Waals surface area contributed by atoms with Crippen molar-refractivity contribution in [3.05, 3.63) is 30.1 Å². The van der Waals surface area contributed by atoms with Gasteiger partial charge in [0.15, 0.2) is 0 Å². The van der Waals surface area contributed by atoms with Gasteiger partial charge in [0.25, 0.3) is 0 Å². The van der Waals surface area contributed by atoms with Gasteiger partial charge >= 0.3 is 5.97 Å². The summed E-state index contributed by atoms with van der Waals surface area (Å²) in [5.41, 5.74) is 1.94. The topological polar surface area (TPSA) is 84.2 Å². The Morgan fingerprint density at radius 2 is 2.09 bits per heavy atom. The van der Waals surface area contributed by atoms with E-state index in [2.05, 4.69) is 28.7 Å². The standard InChI is InChI=1S/C16H19N3O3/c1-9(2)19-13-6-4-3-5-12(13)18-14(19)8-17-15(20)10-7-11(10)16(21)22/h3-6,9-11H,7-8H2,1-2H3,(H,17,20)(H,21,22). The number of hydrogen-bond donors (Lipinski definition) is 2. The Morgan fingerprint density at radius 1 is 1.36 bits per heavy atom. The summed E-state index contributed by atoms with van der Waals surface area (Å²) in [4.78, 5) is 27.4. The molecule has 0 radical (unpaired) electrons. The van der Waals surface area contributed by atoms with Gasteiger partial charge in [-0.15, -0.1) is 0 Å². The quantitative estimate of drug-likeness (QED) is 0.884. The van der Waals surface area contributed by atoms with Gasteiger partial charge in [-0.3, -0.25) is 9.59 Å². The second-order valence-electron chi connectivity index (χ2n) is 5.99. The van der Waals surface area contributed by atoms with Crippen LogP contribution in [0.4, 0.5) is 0 Å². The SMILES string of the molecule is CC(C)n1c(CNC(=O)C2CC2C(=O)O)nc2ccccc21. The number of carbonyl (C=O) groups is 2. The molecule has 1 heterocycles. The number of amides is 1. The van der Waals surface area contributed by atoms with Crippen molar-refractivity contribution < 1.29 is 14.7 Å². The van der Waals surface area contributed by atoms with Gasteiger partial charge in [-0.05, 0) is 32.4 Å². The van der Waals surface area contributed by atoms with Crippen LogP contribution in [0.15, 0.2) is 24.3 Å². The number of aliphatic carboxylic acids is 1. The van der Waals surface area contributed by atoms with Gasteiger partial charge < -0.3 is 15.0 Å². The van der Waals surface area contributed by atoms with Crippen LogP contribution in [0, 0.1) is 11.8 Å². The predicted octanol–water partition coefficient (Wildman–Crippen LogP) is 1.95. The molecule has 2 N–H and O–H groups in total. The van der Waals surface area contributed by atoms with Crippen LogP contribution in [0.5, 0.6) is 0 Å². The molecule has 1 amide bonds. The summed E-state index contributed by atoms with van der Waals surface area (Å²) in [5.74, 6) is -1.22. The number of rotatable bonds is 5. The lowest BCUT2D eigenvalue weighted by Crippen LogP contribution is -2.27. The van der Waals surface area contributed by atoms with Gasteiger partial charge in [-0.2, -0.15) is 0 Å². The minimum atomic E-state index is -0.894. The number of hydrogen-bond acceptors (Lipinski definition) is 3. The van der Waals surface area contributed by atoms with Gasteiger partial charge in [-0.25, -0.2) is 4.98 Å². The first kappa shape index (κ1) is 14.6. The van der Waals surface area contributed by atoms with Crippen LogP contribution in [-0.2, 0) is 16.1 Å². The molecule has 0 aliphatic heterocycles. The third-order valence-corrected chi connectivity index (χ3v) is 4.05. The van der Waals surface area contributed by atoms with Crippen LogP contribution in [0.3, 0.4) is 0 Å². The van der Waals surface area contributed by atoms with Crippen LogP contribution in [0.25, 0.3) is 11.0 Å². The molecule has 3 rings (SSSR count). The number of nitrogens with one attached hydrogen (secondary N) is 1. The van der Waals surface area contributed by atoms with Gasteiger partial charge in [0.2, 0.25) is 5.91 Å². The summed E-state index contributed by atoms with van der Waals surface area (Å²) < 4.78 is 2.09. The summed E-state index contributed by atoms with van der Waals surface area (Å²) >= 11 is 0. The van der Waals surface area contributed by atoms with E-state index in [0.29, 0.717) is 13.0 Å². The minimum absolute atomic E-state index is 0.199. The third-order valence-electron chi connectivity index (χ3n) is 4.05. The number of imidazole rings is 1. The lowest BCUT2D eigenvalue weighted by atomic mass is 10.3. The smallest absolute Gasteiger partial charge is 0.307 e. The highest BCUT2D eigenvalue weighted by Gasteiger charge is 2.48. The molecule has 22 heavy (non-hydrogen) atoms. The van der Waals surface area contributed by atoms with Gasteiger partial charge in [-0.1, -0.05) is 12.1 Å². The van der Waals surface area contributed by atoms with Crippen molar-refractivity contribution in [2.75, 3.05) is 0 Å². The normalized spacial score (nSPS) is 20.3. The zero-order valence-corrected chi connectivity index (χ0v) is 12.6. The maximum Gasteiger partial charge on any atom is 0.307 e. The lowest BCUT2D eigenvalue weighted by molar-refractivity contribution is -0.140. The zero-order chi connectivity index (χ0) is 15.9. The lowest BCUT2D eigenvalue weighted by Gasteiger charge is -2.13. The number of aromatic nitrogens is 2. The van der Waals surface area contributed by atoms with E-state index in [0.717, 1.165) is 16.9 Å². The fourth-order valence-electron chi connectivity index (χ4n) is 2.85. The fraction of sp³-hybridized carbons (Fsp3) is 0.438. The first-order valence-corrected chi connectivity index (χ1v) is 7.45. The van der Waals surface area contributed by atoms with E-state index in [-0.39, 0.29) is 11.9 Å². The summed E-state index contributed by atoms with van der Waals surface area (Å²) in [7, 11) is 0. The van der Waals surface area contributed by atoms with Gasteiger partial charge in [0.05, 0.1) is 29.4 Å². The van der Waals surface area contributed by atoms with Crippen LogP contribution in [-0.4, -0.2) is 26.5 Å². The van der Waals surface area contributed by atoms with Gasteiger partial charge in [0.1, 0.15) is 5.82 Å². The Kier molecular flexibility index (Phi) is 3.60. The number of fused-ring (bicyclic) bond motifs is 1. The van der Waals surface area contributed by atoms with E-state index < -0.39 is 17.8 Å². The monoisotopic (exact) mass is 301 g/mol. The van der Waals surface area contributed by atoms with E-state index >= 15 is 0 Å². The Balaban J connectivity index is 1.75. The molecule has 1 aliphatic carbocycles. The van der Waals surface area contributed by atoms with E-state index in [9.17, 15) is 9.59 Å². The molecule has 0 spiro atoms. The molecule has 1 saturated carbocycles. The summed E-state index contributed by atoms with van der Waals surface area (Å²) in [6.07, 6.45) is 0.432. The summed E-state index contributed by atoms with van der Waals surface area (Å²) in [6, 6.07) is 8.08. The van der Waals surface area contributed by atoms with Crippen molar-refractivity contribution in [1.29, 1.82) is 0 Å². The molecular weight excluding hydrogens is 282 g/mol. The molecule has 1 aliphatic rings. The summed E-state index contributed by atoms with van der Waals surface area (Å²) in [5, 5.41) is 11.7. The van der Waals surface area contributed by atoms with Crippen molar-refractivity contribution >= 4 is 22.9 Å². The number of nitrogens with zero attached hydrogens (tertiary/aromatic N) is 2. The molecule has 1 fully saturated rings. The maximum absolute atomic E-state index is 12.0. The molecule has 1 aromatic carbocycles. The molecule has 2 unspecified atom stereocenters. The second-order valence-corrected chi connectivity index (χ2v) is 5.99. The Hall–Kier alpha value is -2.37. The zero-order valence-electron chi connectivity index (χ0n) is 12.6. The Bertz CT molecular complexity index is 735. The van der Waals surface area contributed by atoms with Crippen molar-refractivity contribution in [3.8, 4) is 0 Å². The van der Waals surface area contributed by atoms with Crippen molar-refractivity contribution in [2.24, 2.45) is 11.8 Å². The Morgan fingerprint density at radius 3 is 2.73 bits per heavy atom. The van der Waals surface area contributed by atoms with Crippen molar-refractivity contribution in [3.63, 3.8) is 0 Å². The first-order valence-electron chi connectivity index (χ1n) is 7.45. The highest BCUT2D eigenvalue weighted by Crippen LogP contribution is 2.38. The van der Waals surface area contributed by atoms with Crippen molar-refractivity contribution in [1.82, 2.24) is 14.9 Å². The van der Waals surface area contributed by atoms with E-state index in [4.69, 9.17) is 5.11 Å². The molecule has 6 heteroatoms. The average molecular weight is 301 g/mol. The van der Waals surface area contributed by atoms with E-state index in [1.165, 1.54) is 0 Å². The highest BCUT2D eigenvalue weighted by molar-refractivity contribution is 5.89. The number of carboxylic acid groups (broad SMARTS) is 1. The number of para-hydroxylation sites is 2. The molecule has 1 aromatic heterocycles. The van der Waals surface area contributed by atoms with Crippen LogP contribution in [0.1, 0.15) is 32.1 Å². The average Bonchev–Trinajstić information content (AvgIpc) is 3.19. The minimum Gasteiger partial charge on any atom is -0.481 e. The highest BCUT2D eigenvalue weighted by atomic mass is 16.4. The number of benzene rings is 1. The molecule has 0 bridgehead atoms. The van der Waals surface area contributed by atoms with E-state index in [1.54, 1.807) is 0 Å². The molecule has 116 valence electrons. The molecular formula is C16H19N3O3.